The van der Waals surface area contributed by atoms with E-state index in [1.54, 1.807) is 4.90 Å². The number of carbonyl (C=O) groups excluding carboxylic acids is 1. The summed E-state index contributed by atoms with van der Waals surface area (Å²) in [6.45, 7) is 4.23. The first-order chi connectivity index (χ1) is 11.0. The lowest BCUT2D eigenvalue weighted by atomic mass is 10.0. The fraction of sp³-hybridized carbons (Fsp3) is 0.562. The number of aliphatic hydroxyl groups is 1. The molecule has 2 heterocycles. The number of likely N-dealkylation sites (tertiary alicyclic amines) is 1. The van der Waals surface area contributed by atoms with E-state index >= 15 is 0 Å². The van der Waals surface area contributed by atoms with Crippen LogP contribution in [-0.2, 0) is 4.74 Å². The van der Waals surface area contributed by atoms with E-state index in [1.165, 1.54) is 18.2 Å². The zero-order valence-corrected chi connectivity index (χ0v) is 13.6. The Hall–Kier alpha value is -1.21. The van der Waals surface area contributed by atoms with Crippen LogP contribution in [0.3, 0.4) is 0 Å². The van der Waals surface area contributed by atoms with E-state index in [9.17, 15) is 14.3 Å². The molecule has 5 nitrogen and oxygen atoms in total. The summed E-state index contributed by atoms with van der Waals surface area (Å²) < 4.78 is 18.5. The Morgan fingerprint density at radius 3 is 2.78 bits per heavy atom. The monoisotopic (exact) mass is 342 g/mol. The van der Waals surface area contributed by atoms with Gasteiger partial charge in [-0.2, -0.15) is 0 Å². The highest BCUT2D eigenvalue weighted by molar-refractivity contribution is 6.31. The first-order valence-electron chi connectivity index (χ1n) is 7.74. The molecule has 23 heavy (non-hydrogen) atoms. The van der Waals surface area contributed by atoms with Crippen LogP contribution >= 0.6 is 11.6 Å². The normalized spacial score (nSPS) is 25.8. The van der Waals surface area contributed by atoms with Crippen molar-refractivity contribution in [2.24, 2.45) is 0 Å². The number of benzene rings is 1. The Morgan fingerprint density at radius 1 is 1.35 bits per heavy atom. The van der Waals surface area contributed by atoms with E-state index in [1.807, 2.05) is 0 Å². The molecular formula is C16H20ClFN2O3. The summed E-state index contributed by atoms with van der Waals surface area (Å²) in [5.41, 5.74) is -0.566. The molecule has 0 radical (unpaired) electrons. The standard InChI is InChI=1S/C16H20ClFN2O3/c17-13-9-12(1-2-14(13)18)15(21)20-4-3-16(22,11-20)10-19-5-7-23-8-6-19/h1-2,9,22H,3-8,10-11H2. The molecule has 1 unspecified atom stereocenters. The minimum atomic E-state index is -0.906. The third kappa shape index (κ3) is 3.83. The Balaban J connectivity index is 1.63. The fourth-order valence-corrected chi connectivity index (χ4v) is 3.33. The van der Waals surface area contributed by atoms with Gasteiger partial charge in [0.15, 0.2) is 0 Å². The maximum atomic E-state index is 13.2. The Labute approximate surface area is 139 Å². The Bertz CT molecular complexity index is 595. The van der Waals surface area contributed by atoms with Crippen LogP contribution in [-0.4, -0.2) is 72.4 Å². The smallest absolute Gasteiger partial charge is 0.254 e. The quantitative estimate of drug-likeness (QED) is 0.902. The molecule has 1 atom stereocenters. The molecule has 3 rings (SSSR count). The molecule has 2 saturated heterocycles. The molecule has 7 heteroatoms. The highest BCUT2D eigenvalue weighted by atomic mass is 35.5. The molecule has 1 aromatic rings. The van der Waals surface area contributed by atoms with Crippen LogP contribution in [0.15, 0.2) is 18.2 Å². The second kappa shape index (κ2) is 6.73. The van der Waals surface area contributed by atoms with Crippen molar-refractivity contribution in [2.45, 2.75) is 12.0 Å². The number of hydrogen-bond acceptors (Lipinski definition) is 4. The predicted molar refractivity (Wildman–Crippen MR) is 84.1 cm³/mol. The second-order valence-corrected chi connectivity index (χ2v) is 6.63. The molecule has 1 N–H and O–H groups in total. The third-order valence-electron chi connectivity index (χ3n) is 4.41. The molecule has 0 aliphatic carbocycles. The van der Waals surface area contributed by atoms with Crippen LogP contribution in [0, 0.1) is 5.82 Å². The lowest BCUT2D eigenvalue weighted by Crippen LogP contribution is -2.49. The topological polar surface area (TPSA) is 53.0 Å². The van der Waals surface area contributed by atoms with Gasteiger partial charge in [0, 0.05) is 31.7 Å². The van der Waals surface area contributed by atoms with Gasteiger partial charge in [0.2, 0.25) is 0 Å². The number of amides is 1. The van der Waals surface area contributed by atoms with Gasteiger partial charge in [0.05, 0.1) is 30.4 Å². The number of morpholine rings is 1. The van der Waals surface area contributed by atoms with Crippen molar-refractivity contribution in [3.05, 3.63) is 34.6 Å². The minimum absolute atomic E-state index is 0.0707. The summed E-state index contributed by atoms with van der Waals surface area (Å²) in [5, 5.41) is 10.7. The van der Waals surface area contributed by atoms with Gasteiger partial charge in [-0.25, -0.2) is 4.39 Å². The Kier molecular flexibility index (Phi) is 4.87. The molecule has 0 bridgehead atoms. The molecule has 2 fully saturated rings. The van der Waals surface area contributed by atoms with Crippen molar-refractivity contribution in [2.75, 3.05) is 45.9 Å². The van der Waals surface area contributed by atoms with Crippen molar-refractivity contribution in [1.29, 1.82) is 0 Å². The summed E-state index contributed by atoms with van der Waals surface area (Å²) >= 11 is 5.74. The Morgan fingerprint density at radius 2 is 2.09 bits per heavy atom. The van der Waals surface area contributed by atoms with Gasteiger partial charge in [-0.3, -0.25) is 9.69 Å². The van der Waals surface area contributed by atoms with Crippen molar-refractivity contribution in [3.8, 4) is 0 Å². The SMILES string of the molecule is O=C(c1ccc(F)c(Cl)c1)N1CCC(O)(CN2CCOCC2)C1. The van der Waals surface area contributed by atoms with Crippen LogP contribution in [0.2, 0.25) is 5.02 Å². The third-order valence-corrected chi connectivity index (χ3v) is 4.70. The summed E-state index contributed by atoms with van der Waals surface area (Å²) in [4.78, 5) is 16.3. The van der Waals surface area contributed by atoms with E-state index in [-0.39, 0.29) is 17.5 Å². The van der Waals surface area contributed by atoms with Crippen LogP contribution in [0.5, 0.6) is 0 Å². The number of carbonyl (C=O) groups is 1. The van der Waals surface area contributed by atoms with E-state index in [2.05, 4.69) is 4.90 Å². The van der Waals surface area contributed by atoms with Gasteiger partial charge in [-0.1, -0.05) is 11.6 Å². The maximum Gasteiger partial charge on any atom is 0.254 e. The van der Waals surface area contributed by atoms with Crippen LogP contribution in [0.1, 0.15) is 16.8 Å². The molecule has 2 aliphatic rings. The minimum Gasteiger partial charge on any atom is -0.387 e. The van der Waals surface area contributed by atoms with E-state index in [0.29, 0.717) is 38.3 Å². The van der Waals surface area contributed by atoms with Gasteiger partial charge in [-0.15, -0.1) is 0 Å². The van der Waals surface area contributed by atoms with Gasteiger partial charge < -0.3 is 14.7 Å². The van der Waals surface area contributed by atoms with Crippen LogP contribution in [0.25, 0.3) is 0 Å². The molecule has 0 saturated carbocycles. The average Bonchev–Trinajstić information content (AvgIpc) is 2.92. The second-order valence-electron chi connectivity index (χ2n) is 6.22. The number of nitrogens with zero attached hydrogens (tertiary/aromatic N) is 2. The zero-order chi connectivity index (χ0) is 16.4. The number of β-amino-alcohol motifs (C(OH)–C–C–N with tert-alkyl or cyclic N) is 1. The lowest BCUT2D eigenvalue weighted by Gasteiger charge is -2.33. The molecular weight excluding hydrogens is 323 g/mol. The van der Waals surface area contributed by atoms with Crippen molar-refractivity contribution in [1.82, 2.24) is 9.80 Å². The van der Waals surface area contributed by atoms with Gasteiger partial charge in [0.25, 0.3) is 5.91 Å². The molecule has 0 aromatic heterocycles. The highest BCUT2D eigenvalue weighted by Gasteiger charge is 2.39. The first kappa shape index (κ1) is 16.6. The lowest BCUT2D eigenvalue weighted by molar-refractivity contribution is -0.0257. The molecule has 1 aromatic carbocycles. The molecule has 126 valence electrons. The highest BCUT2D eigenvalue weighted by Crippen LogP contribution is 2.25. The van der Waals surface area contributed by atoms with Crippen molar-refractivity contribution < 1.29 is 19.0 Å². The number of ether oxygens (including phenoxy) is 1. The number of halogens is 2. The summed E-state index contributed by atoms with van der Waals surface area (Å²) in [6.07, 6.45) is 0.533. The largest absolute Gasteiger partial charge is 0.387 e. The zero-order valence-electron chi connectivity index (χ0n) is 12.8. The van der Waals surface area contributed by atoms with Crippen molar-refractivity contribution >= 4 is 17.5 Å². The van der Waals surface area contributed by atoms with Crippen LogP contribution in [0.4, 0.5) is 4.39 Å². The summed E-state index contributed by atoms with van der Waals surface area (Å²) in [6, 6.07) is 3.94. The fourth-order valence-electron chi connectivity index (χ4n) is 3.15. The molecule has 0 spiro atoms. The van der Waals surface area contributed by atoms with Crippen molar-refractivity contribution in [3.63, 3.8) is 0 Å². The van der Waals surface area contributed by atoms with E-state index < -0.39 is 11.4 Å². The number of hydrogen-bond donors (Lipinski definition) is 1. The summed E-state index contributed by atoms with van der Waals surface area (Å²) in [5.74, 6) is -0.779. The molecule has 1 amide bonds. The van der Waals surface area contributed by atoms with Gasteiger partial charge in [0.1, 0.15) is 5.82 Å². The molecule has 2 aliphatic heterocycles. The maximum absolute atomic E-state index is 13.2. The summed E-state index contributed by atoms with van der Waals surface area (Å²) in [7, 11) is 0. The van der Waals surface area contributed by atoms with E-state index in [0.717, 1.165) is 13.1 Å². The van der Waals surface area contributed by atoms with Gasteiger partial charge >= 0.3 is 0 Å². The number of rotatable bonds is 3. The van der Waals surface area contributed by atoms with E-state index in [4.69, 9.17) is 16.3 Å². The first-order valence-corrected chi connectivity index (χ1v) is 8.11. The average molecular weight is 343 g/mol. The van der Waals surface area contributed by atoms with Crippen LogP contribution < -0.4 is 0 Å². The van der Waals surface area contributed by atoms with Gasteiger partial charge in [-0.05, 0) is 24.6 Å². The predicted octanol–water partition coefficient (Wildman–Crippen LogP) is 1.39.